The van der Waals surface area contributed by atoms with E-state index in [0.717, 1.165) is 36.1 Å². The van der Waals surface area contributed by atoms with Crippen molar-refractivity contribution in [3.63, 3.8) is 0 Å². The van der Waals surface area contributed by atoms with Crippen molar-refractivity contribution in [3.05, 3.63) is 71.4 Å². The summed E-state index contributed by atoms with van der Waals surface area (Å²) in [6, 6.07) is 17.6. The van der Waals surface area contributed by atoms with Crippen molar-refractivity contribution in [1.29, 1.82) is 0 Å². The van der Waals surface area contributed by atoms with Gasteiger partial charge in [-0.2, -0.15) is 5.10 Å². The summed E-state index contributed by atoms with van der Waals surface area (Å²) in [7, 11) is 0. The number of hydrogen-bond donors (Lipinski definition) is 3. The third-order valence-electron chi connectivity index (χ3n) is 5.64. The molecule has 28 heavy (non-hydrogen) atoms. The molecule has 0 bridgehead atoms. The van der Waals surface area contributed by atoms with Crippen LogP contribution in [0.5, 0.6) is 0 Å². The summed E-state index contributed by atoms with van der Waals surface area (Å²) in [4.78, 5) is 13.2. The number of nitrogens with zero attached hydrogens (tertiary/aromatic N) is 1. The lowest BCUT2D eigenvalue weighted by Gasteiger charge is -2.30. The van der Waals surface area contributed by atoms with E-state index < -0.39 is 5.54 Å². The Labute approximate surface area is 169 Å². The van der Waals surface area contributed by atoms with Crippen molar-refractivity contribution in [3.8, 4) is 11.3 Å². The number of carbonyl (C=O) groups excluding carboxylic acids is 1. The predicted molar refractivity (Wildman–Crippen MR) is 112 cm³/mol. The van der Waals surface area contributed by atoms with Gasteiger partial charge < -0.3 is 11.1 Å². The van der Waals surface area contributed by atoms with E-state index in [4.69, 9.17) is 17.3 Å². The van der Waals surface area contributed by atoms with E-state index in [1.54, 1.807) is 6.20 Å². The van der Waals surface area contributed by atoms with Crippen LogP contribution in [0.2, 0.25) is 5.02 Å². The number of amides is 1. The van der Waals surface area contributed by atoms with Crippen molar-refractivity contribution in [2.24, 2.45) is 11.7 Å². The fourth-order valence-corrected chi connectivity index (χ4v) is 4.16. The maximum Gasteiger partial charge on any atom is 0.244 e. The Kier molecular flexibility index (Phi) is 5.20. The Morgan fingerprint density at radius 2 is 1.96 bits per heavy atom. The molecule has 6 heteroatoms. The molecular formula is C22H23ClN4O. The maximum atomic E-state index is 13.2. The molecule has 4 rings (SSSR count). The van der Waals surface area contributed by atoms with E-state index in [-0.39, 0.29) is 11.8 Å². The molecule has 3 aromatic rings. The summed E-state index contributed by atoms with van der Waals surface area (Å²) in [5.41, 5.74) is 9.31. The highest BCUT2D eigenvalue weighted by Gasteiger charge is 2.45. The van der Waals surface area contributed by atoms with Crippen molar-refractivity contribution in [1.82, 2.24) is 10.2 Å². The van der Waals surface area contributed by atoms with Crippen LogP contribution in [0.4, 0.5) is 5.69 Å². The van der Waals surface area contributed by atoms with Gasteiger partial charge in [-0.3, -0.25) is 9.89 Å². The molecule has 0 spiro atoms. The Hall–Kier alpha value is -2.63. The first-order valence-electron chi connectivity index (χ1n) is 9.50. The molecule has 5 nitrogen and oxygen atoms in total. The van der Waals surface area contributed by atoms with Gasteiger partial charge in [-0.1, -0.05) is 60.5 Å². The van der Waals surface area contributed by atoms with Crippen LogP contribution in [0.15, 0.2) is 60.8 Å². The number of halogens is 1. The maximum absolute atomic E-state index is 13.2. The SMILES string of the molecule is NC1(C(=O)Nc2cn[nH]c2-c2ccccc2)CCCC1Cc1ccc(Cl)cc1. The number of nitrogens with two attached hydrogens (primary N) is 1. The van der Waals surface area contributed by atoms with Gasteiger partial charge in [-0.25, -0.2) is 0 Å². The fourth-order valence-electron chi connectivity index (χ4n) is 4.04. The molecular weight excluding hydrogens is 372 g/mol. The van der Waals surface area contributed by atoms with E-state index >= 15 is 0 Å². The zero-order valence-corrected chi connectivity index (χ0v) is 16.2. The number of rotatable bonds is 5. The molecule has 2 unspecified atom stereocenters. The summed E-state index contributed by atoms with van der Waals surface area (Å²) >= 11 is 5.98. The molecule has 144 valence electrons. The van der Waals surface area contributed by atoms with Crippen LogP contribution in [0, 0.1) is 5.92 Å². The van der Waals surface area contributed by atoms with Crippen LogP contribution in [-0.2, 0) is 11.2 Å². The second-order valence-corrected chi connectivity index (χ2v) is 7.88. The summed E-state index contributed by atoms with van der Waals surface area (Å²) in [5, 5.41) is 10.8. The molecule has 1 aliphatic carbocycles. The third-order valence-corrected chi connectivity index (χ3v) is 5.89. The molecule has 4 N–H and O–H groups in total. The van der Waals surface area contributed by atoms with Crippen LogP contribution in [0.3, 0.4) is 0 Å². The minimum atomic E-state index is -0.898. The number of H-pyrrole nitrogens is 1. The first kappa shape index (κ1) is 18.7. The third kappa shape index (κ3) is 3.68. The van der Waals surface area contributed by atoms with Crippen molar-refractivity contribution in [2.45, 2.75) is 31.2 Å². The number of aromatic nitrogens is 2. The lowest BCUT2D eigenvalue weighted by atomic mass is 9.82. The van der Waals surface area contributed by atoms with E-state index in [9.17, 15) is 4.79 Å². The number of hydrogen-bond acceptors (Lipinski definition) is 3. The van der Waals surface area contributed by atoms with Crippen LogP contribution in [-0.4, -0.2) is 21.6 Å². The van der Waals surface area contributed by atoms with Crippen molar-refractivity contribution >= 4 is 23.2 Å². The van der Waals surface area contributed by atoms with E-state index in [1.807, 2.05) is 54.6 Å². The Balaban J connectivity index is 1.52. The van der Waals surface area contributed by atoms with Gasteiger partial charge in [0.1, 0.15) is 0 Å². The fraction of sp³-hybridized carbons (Fsp3) is 0.273. The first-order chi connectivity index (χ1) is 13.6. The van der Waals surface area contributed by atoms with Gasteiger partial charge in [0.05, 0.1) is 23.1 Å². The summed E-state index contributed by atoms with van der Waals surface area (Å²) in [6.07, 6.45) is 4.95. The second-order valence-electron chi connectivity index (χ2n) is 7.44. The molecule has 1 fully saturated rings. The van der Waals surface area contributed by atoms with Gasteiger partial charge >= 0.3 is 0 Å². The zero-order chi connectivity index (χ0) is 19.6. The second kappa shape index (κ2) is 7.78. The molecule has 2 aromatic carbocycles. The highest BCUT2D eigenvalue weighted by atomic mass is 35.5. The van der Waals surface area contributed by atoms with Crippen molar-refractivity contribution in [2.75, 3.05) is 5.32 Å². The molecule has 0 saturated heterocycles. The van der Waals surface area contributed by atoms with E-state index in [0.29, 0.717) is 17.1 Å². The number of nitrogens with one attached hydrogen (secondary N) is 2. The average Bonchev–Trinajstić information content (AvgIpc) is 3.32. The molecule has 0 aliphatic heterocycles. The Bertz CT molecular complexity index is 954. The summed E-state index contributed by atoms with van der Waals surface area (Å²) in [5.74, 6) is -0.0664. The molecule has 2 atom stereocenters. The summed E-state index contributed by atoms with van der Waals surface area (Å²) < 4.78 is 0. The lowest BCUT2D eigenvalue weighted by molar-refractivity contribution is -0.122. The van der Waals surface area contributed by atoms with Crippen LogP contribution in [0.25, 0.3) is 11.3 Å². The van der Waals surface area contributed by atoms with Gasteiger partial charge in [0, 0.05) is 10.6 Å². The van der Waals surface area contributed by atoms with Gasteiger partial charge in [-0.15, -0.1) is 0 Å². The van der Waals surface area contributed by atoms with Crippen LogP contribution < -0.4 is 11.1 Å². The largest absolute Gasteiger partial charge is 0.321 e. The highest BCUT2D eigenvalue weighted by molar-refractivity contribution is 6.30. The standard InChI is InChI=1S/C22H23ClN4O/c23-18-10-8-15(9-11-18)13-17-7-4-12-22(17,24)21(28)26-19-14-25-27-20(19)16-5-2-1-3-6-16/h1-3,5-6,8-11,14,17H,4,7,12-13,24H2,(H,25,27)(H,26,28). The molecule has 1 aromatic heterocycles. The lowest BCUT2D eigenvalue weighted by Crippen LogP contribution is -2.54. The predicted octanol–water partition coefficient (Wildman–Crippen LogP) is 4.41. The zero-order valence-electron chi connectivity index (χ0n) is 15.5. The topological polar surface area (TPSA) is 83.8 Å². The number of aromatic amines is 1. The van der Waals surface area contributed by atoms with Gasteiger partial charge in [0.2, 0.25) is 5.91 Å². The first-order valence-corrected chi connectivity index (χ1v) is 9.87. The average molecular weight is 395 g/mol. The molecule has 1 aliphatic rings. The molecule has 1 saturated carbocycles. The smallest absolute Gasteiger partial charge is 0.244 e. The van der Waals surface area contributed by atoms with Crippen LogP contribution >= 0.6 is 11.6 Å². The van der Waals surface area contributed by atoms with Crippen molar-refractivity contribution < 1.29 is 4.79 Å². The highest BCUT2D eigenvalue weighted by Crippen LogP contribution is 2.38. The Morgan fingerprint density at radius 1 is 1.21 bits per heavy atom. The normalized spacial score (nSPS) is 21.6. The van der Waals surface area contributed by atoms with E-state index in [2.05, 4.69) is 15.5 Å². The van der Waals surface area contributed by atoms with Gasteiger partial charge in [0.15, 0.2) is 0 Å². The van der Waals surface area contributed by atoms with Crippen LogP contribution in [0.1, 0.15) is 24.8 Å². The van der Waals surface area contributed by atoms with Gasteiger partial charge in [-0.05, 0) is 42.9 Å². The molecule has 1 heterocycles. The molecule has 1 amide bonds. The minimum absolute atomic E-state index is 0.0840. The minimum Gasteiger partial charge on any atom is -0.321 e. The number of anilines is 1. The van der Waals surface area contributed by atoms with Gasteiger partial charge in [0.25, 0.3) is 0 Å². The number of benzene rings is 2. The number of carbonyl (C=O) groups is 1. The quantitative estimate of drug-likeness (QED) is 0.599. The molecule has 0 radical (unpaired) electrons. The Morgan fingerprint density at radius 3 is 2.71 bits per heavy atom. The summed E-state index contributed by atoms with van der Waals surface area (Å²) in [6.45, 7) is 0. The monoisotopic (exact) mass is 394 g/mol. The van der Waals surface area contributed by atoms with E-state index in [1.165, 1.54) is 0 Å².